The van der Waals surface area contributed by atoms with Gasteiger partial charge >= 0.3 is 12.4 Å². The summed E-state index contributed by atoms with van der Waals surface area (Å²) < 4.78 is 77.4. The minimum atomic E-state index is -4.90. The Balaban J connectivity index is 2.26. The summed E-state index contributed by atoms with van der Waals surface area (Å²) in [5.74, 6) is -0.553. The summed E-state index contributed by atoms with van der Waals surface area (Å²) in [6.45, 7) is 0.300. The van der Waals surface area contributed by atoms with Gasteiger partial charge in [0.25, 0.3) is 5.91 Å². The number of carbonyl (C=O) groups is 1. The number of nitrogens with zero attached hydrogens (tertiary/aromatic N) is 2. The van der Waals surface area contributed by atoms with Gasteiger partial charge in [-0.05, 0) is 18.2 Å². The Hall–Kier alpha value is -1.35. The molecule has 0 aliphatic carbocycles. The second-order valence-electron chi connectivity index (χ2n) is 5.38. The molecule has 0 unspecified atom stereocenters. The lowest BCUT2D eigenvalue weighted by Crippen LogP contribution is -2.50. The van der Waals surface area contributed by atoms with Crippen LogP contribution in [-0.4, -0.2) is 41.8 Å². The van der Waals surface area contributed by atoms with Crippen LogP contribution in [0.15, 0.2) is 18.2 Å². The lowest BCUT2D eigenvalue weighted by Gasteiger charge is -2.36. The molecule has 0 saturated carbocycles. The first kappa shape index (κ1) is 20.0. The van der Waals surface area contributed by atoms with Crippen LogP contribution in [0, 0.1) is 0 Å². The predicted molar refractivity (Wildman–Crippen MR) is 80.7 cm³/mol. The van der Waals surface area contributed by atoms with Gasteiger partial charge in [-0.25, -0.2) is 0 Å². The highest BCUT2D eigenvalue weighted by molar-refractivity contribution is 6.53. The molecule has 0 aromatic heterocycles. The van der Waals surface area contributed by atoms with Crippen molar-refractivity contribution in [3.63, 3.8) is 0 Å². The van der Waals surface area contributed by atoms with Crippen molar-refractivity contribution in [3.05, 3.63) is 29.3 Å². The number of piperazine rings is 1. The third kappa shape index (κ3) is 4.84. The minimum absolute atomic E-state index is 0.0604. The zero-order valence-corrected chi connectivity index (χ0v) is 14.0. The summed E-state index contributed by atoms with van der Waals surface area (Å²) in [7, 11) is 0. The maximum absolute atomic E-state index is 12.9. The maximum Gasteiger partial charge on any atom is 0.416 e. The second-order valence-corrected chi connectivity index (χ2v) is 6.47. The Bertz CT molecular complexity index is 607. The molecule has 3 nitrogen and oxygen atoms in total. The van der Waals surface area contributed by atoms with Crippen LogP contribution in [0.4, 0.5) is 32.0 Å². The van der Waals surface area contributed by atoms with E-state index in [9.17, 15) is 31.1 Å². The molecule has 1 aliphatic heterocycles. The van der Waals surface area contributed by atoms with Gasteiger partial charge in [0.2, 0.25) is 0 Å². The lowest BCUT2D eigenvalue weighted by atomic mass is 10.1. The van der Waals surface area contributed by atoms with E-state index in [-0.39, 0.29) is 37.9 Å². The third-order valence-electron chi connectivity index (χ3n) is 3.72. The van der Waals surface area contributed by atoms with Crippen molar-refractivity contribution >= 4 is 34.8 Å². The Morgan fingerprint density at radius 2 is 1.32 bits per heavy atom. The first-order valence-corrected chi connectivity index (χ1v) is 7.88. The zero-order valence-electron chi connectivity index (χ0n) is 12.5. The van der Waals surface area contributed by atoms with Crippen LogP contribution in [-0.2, 0) is 17.1 Å². The highest BCUT2D eigenvalue weighted by Crippen LogP contribution is 2.38. The minimum Gasteiger partial charge on any atom is -0.368 e. The van der Waals surface area contributed by atoms with Crippen LogP contribution in [0.25, 0.3) is 0 Å². The quantitative estimate of drug-likeness (QED) is 0.541. The molecule has 1 amide bonds. The first-order chi connectivity index (χ1) is 11.4. The van der Waals surface area contributed by atoms with Crippen LogP contribution >= 0.6 is 23.2 Å². The van der Waals surface area contributed by atoms with Crippen LogP contribution in [0.1, 0.15) is 11.1 Å². The summed E-state index contributed by atoms with van der Waals surface area (Å²) in [6.07, 6.45) is -9.81. The number of hydrogen-bond acceptors (Lipinski definition) is 2. The molecule has 25 heavy (non-hydrogen) atoms. The lowest BCUT2D eigenvalue weighted by molar-refractivity contribution is -0.143. The molecule has 1 fully saturated rings. The molecule has 0 spiro atoms. The Morgan fingerprint density at radius 1 is 0.880 bits per heavy atom. The Morgan fingerprint density at radius 3 is 1.68 bits per heavy atom. The van der Waals surface area contributed by atoms with E-state index in [1.807, 2.05) is 0 Å². The zero-order chi connectivity index (χ0) is 19.0. The number of hydrogen-bond donors (Lipinski definition) is 0. The van der Waals surface area contributed by atoms with Crippen LogP contribution in [0.3, 0.4) is 0 Å². The number of benzene rings is 1. The van der Waals surface area contributed by atoms with E-state index in [0.717, 1.165) is 0 Å². The van der Waals surface area contributed by atoms with Gasteiger partial charge in [0.05, 0.1) is 11.1 Å². The van der Waals surface area contributed by atoms with E-state index < -0.39 is 34.2 Å². The van der Waals surface area contributed by atoms with Gasteiger partial charge in [0, 0.05) is 31.9 Å². The van der Waals surface area contributed by atoms with Crippen molar-refractivity contribution < 1.29 is 31.1 Å². The van der Waals surface area contributed by atoms with E-state index in [2.05, 4.69) is 0 Å². The average Bonchev–Trinajstić information content (AvgIpc) is 2.52. The average molecular weight is 409 g/mol. The van der Waals surface area contributed by atoms with Crippen molar-refractivity contribution in [2.75, 3.05) is 31.1 Å². The van der Waals surface area contributed by atoms with Crippen molar-refractivity contribution in [3.8, 4) is 0 Å². The molecule has 0 N–H and O–H groups in total. The topological polar surface area (TPSA) is 23.6 Å². The van der Waals surface area contributed by atoms with Gasteiger partial charge in [-0.1, -0.05) is 23.2 Å². The summed E-state index contributed by atoms with van der Waals surface area (Å²) in [5.41, 5.74) is -2.96. The largest absolute Gasteiger partial charge is 0.416 e. The van der Waals surface area contributed by atoms with Crippen molar-refractivity contribution in [1.82, 2.24) is 4.90 Å². The van der Waals surface area contributed by atoms with Gasteiger partial charge in [-0.15, -0.1) is 0 Å². The van der Waals surface area contributed by atoms with Crippen LogP contribution < -0.4 is 4.90 Å². The van der Waals surface area contributed by atoms with E-state index in [1.54, 1.807) is 0 Å². The van der Waals surface area contributed by atoms with Crippen LogP contribution in [0.5, 0.6) is 0 Å². The Kier molecular flexibility index (Phi) is 5.68. The molecule has 1 heterocycles. The fourth-order valence-corrected chi connectivity index (χ4v) is 2.72. The molecule has 1 aromatic carbocycles. The number of anilines is 1. The number of amides is 1. The highest BCUT2D eigenvalue weighted by Gasteiger charge is 2.37. The molecular formula is C14H12Cl2F6N2O. The van der Waals surface area contributed by atoms with E-state index >= 15 is 0 Å². The molecule has 2 rings (SSSR count). The molecule has 0 bridgehead atoms. The van der Waals surface area contributed by atoms with Gasteiger partial charge in [-0.3, -0.25) is 4.79 Å². The number of alkyl halides is 8. The highest BCUT2D eigenvalue weighted by atomic mass is 35.5. The maximum atomic E-state index is 12.9. The molecule has 1 saturated heterocycles. The smallest absolute Gasteiger partial charge is 0.368 e. The van der Waals surface area contributed by atoms with Gasteiger partial charge in [0.1, 0.15) is 0 Å². The normalized spacial score (nSPS) is 16.5. The van der Waals surface area contributed by atoms with E-state index in [0.29, 0.717) is 12.1 Å². The standard InChI is InChI=1S/C14H12Cl2F6N2O/c15-11(16)12(25)24-3-1-23(2-4-24)10-6-8(13(17,18)19)5-9(7-10)14(20,21)22/h5-7,11H,1-4H2. The summed E-state index contributed by atoms with van der Waals surface area (Å²) in [4.78, 5) is 13.0. The number of carbonyl (C=O) groups excluding carboxylic acids is 1. The number of halogens is 8. The van der Waals surface area contributed by atoms with E-state index in [1.165, 1.54) is 9.80 Å². The molecular weight excluding hydrogens is 397 g/mol. The van der Waals surface area contributed by atoms with Crippen LogP contribution in [0.2, 0.25) is 0 Å². The molecule has 0 radical (unpaired) electrons. The molecule has 0 atom stereocenters. The van der Waals surface area contributed by atoms with Gasteiger partial charge < -0.3 is 9.80 Å². The molecule has 1 aromatic rings. The summed E-state index contributed by atoms with van der Waals surface area (Å²) in [6, 6.07) is 1.41. The first-order valence-electron chi connectivity index (χ1n) is 7.01. The van der Waals surface area contributed by atoms with Crippen molar-refractivity contribution in [1.29, 1.82) is 0 Å². The van der Waals surface area contributed by atoms with E-state index in [4.69, 9.17) is 23.2 Å². The van der Waals surface area contributed by atoms with Gasteiger partial charge in [0.15, 0.2) is 4.84 Å². The third-order valence-corrected chi connectivity index (χ3v) is 4.09. The SMILES string of the molecule is O=C(C(Cl)Cl)N1CCN(c2cc(C(F)(F)F)cc(C(F)(F)F)c2)CC1. The molecule has 11 heteroatoms. The Labute approximate surface area is 149 Å². The number of rotatable bonds is 2. The van der Waals surface area contributed by atoms with Crippen molar-refractivity contribution in [2.45, 2.75) is 17.2 Å². The fraction of sp³-hybridized carbons (Fsp3) is 0.500. The molecule has 140 valence electrons. The van der Waals surface area contributed by atoms with Gasteiger partial charge in [-0.2, -0.15) is 26.3 Å². The monoisotopic (exact) mass is 408 g/mol. The second kappa shape index (κ2) is 7.11. The predicted octanol–water partition coefficient (Wildman–Crippen LogP) is 4.18. The summed E-state index contributed by atoms with van der Waals surface area (Å²) in [5, 5.41) is 0. The molecule has 1 aliphatic rings. The fourth-order valence-electron chi connectivity index (χ4n) is 2.44. The summed E-state index contributed by atoms with van der Waals surface area (Å²) >= 11 is 10.9. The van der Waals surface area contributed by atoms with Crippen molar-refractivity contribution in [2.24, 2.45) is 0 Å².